The van der Waals surface area contributed by atoms with Crippen molar-refractivity contribution in [3.8, 4) is 5.75 Å². The molecule has 4 heteroatoms. The number of aromatic hydroxyl groups is 1. The number of phenolic OH excluding ortho intramolecular Hbond substituents is 1. The Bertz CT molecular complexity index is 242. The number of halogens is 3. The maximum Gasteiger partial charge on any atom is 0.264 e. The molecule has 1 N–H and O–H groups in total. The number of phenols is 1. The maximum absolute atomic E-state index is 12.0. The molecule has 0 bridgehead atoms. The summed E-state index contributed by atoms with van der Waals surface area (Å²) in [7, 11) is 0. The third-order valence-corrected chi connectivity index (χ3v) is 1.38. The monoisotopic (exact) mass is 178 g/mol. The first kappa shape index (κ1) is 8.27. The first-order chi connectivity index (χ1) is 5.09. The molecule has 1 rings (SSSR count). The molecule has 0 fully saturated rings. The van der Waals surface area contributed by atoms with Crippen molar-refractivity contribution in [1.82, 2.24) is 0 Å². The van der Waals surface area contributed by atoms with Crippen LogP contribution in [0.5, 0.6) is 5.75 Å². The number of rotatable bonds is 1. The Morgan fingerprint density at radius 2 is 1.91 bits per heavy atom. The lowest BCUT2D eigenvalue weighted by atomic mass is 10.2. The van der Waals surface area contributed by atoms with E-state index in [4.69, 9.17) is 16.7 Å². The van der Waals surface area contributed by atoms with Crippen LogP contribution in [0.4, 0.5) is 8.78 Å². The van der Waals surface area contributed by atoms with Gasteiger partial charge >= 0.3 is 0 Å². The van der Waals surface area contributed by atoms with Gasteiger partial charge in [-0.1, -0.05) is 11.6 Å². The highest BCUT2D eigenvalue weighted by Crippen LogP contribution is 2.26. The first-order valence-corrected chi connectivity index (χ1v) is 3.25. The fourth-order valence-corrected chi connectivity index (χ4v) is 0.960. The summed E-state index contributed by atoms with van der Waals surface area (Å²) in [5, 5.41) is 8.94. The van der Waals surface area contributed by atoms with Crippen LogP contribution >= 0.6 is 11.6 Å². The Hall–Kier alpha value is -0.830. The predicted molar refractivity (Wildman–Crippen MR) is 38.1 cm³/mol. The third-order valence-electron chi connectivity index (χ3n) is 1.16. The Balaban J connectivity index is 3.08. The second kappa shape index (κ2) is 3.05. The van der Waals surface area contributed by atoms with Gasteiger partial charge in [0.15, 0.2) is 0 Å². The molecule has 0 aromatic heterocycles. The summed E-state index contributed by atoms with van der Waals surface area (Å²) in [5.41, 5.74) is -0.269. The van der Waals surface area contributed by atoms with Crippen LogP contribution in [0.3, 0.4) is 0 Å². The van der Waals surface area contributed by atoms with Crippen molar-refractivity contribution >= 4 is 11.6 Å². The number of hydrogen-bond acceptors (Lipinski definition) is 1. The van der Waals surface area contributed by atoms with Gasteiger partial charge in [0.05, 0.1) is 0 Å². The Morgan fingerprint density at radius 3 is 2.36 bits per heavy atom. The van der Waals surface area contributed by atoms with Crippen LogP contribution in [0, 0.1) is 0 Å². The van der Waals surface area contributed by atoms with Crippen LogP contribution in [0.15, 0.2) is 18.2 Å². The zero-order valence-corrected chi connectivity index (χ0v) is 6.15. The van der Waals surface area contributed by atoms with Crippen LogP contribution in [0.25, 0.3) is 0 Å². The van der Waals surface area contributed by atoms with E-state index in [1.54, 1.807) is 0 Å². The van der Waals surface area contributed by atoms with E-state index in [0.717, 1.165) is 12.1 Å². The molecule has 0 saturated carbocycles. The summed E-state index contributed by atoms with van der Waals surface area (Å²) >= 11 is 5.40. The minimum absolute atomic E-state index is 0.111. The molecule has 1 aromatic carbocycles. The topological polar surface area (TPSA) is 20.2 Å². The number of hydrogen-bond donors (Lipinski definition) is 1. The van der Waals surface area contributed by atoms with E-state index in [0.29, 0.717) is 0 Å². The molecule has 1 aromatic rings. The number of alkyl halides is 2. The second-order valence-corrected chi connectivity index (χ2v) is 2.48. The lowest BCUT2D eigenvalue weighted by Gasteiger charge is -2.00. The SMILES string of the molecule is Oc1cc(Cl)cc(C(F)F)c1. The van der Waals surface area contributed by atoms with E-state index in [2.05, 4.69) is 0 Å². The first-order valence-electron chi connectivity index (χ1n) is 2.87. The van der Waals surface area contributed by atoms with Gasteiger partial charge in [-0.2, -0.15) is 0 Å². The van der Waals surface area contributed by atoms with E-state index < -0.39 is 6.43 Å². The molecule has 0 amide bonds. The molecule has 1 nitrogen and oxygen atoms in total. The largest absolute Gasteiger partial charge is 0.508 e. The van der Waals surface area contributed by atoms with Gasteiger partial charge in [0.2, 0.25) is 0 Å². The van der Waals surface area contributed by atoms with Crippen molar-refractivity contribution in [1.29, 1.82) is 0 Å². The molecule has 0 unspecified atom stereocenters. The third kappa shape index (κ3) is 2.05. The van der Waals surface area contributed by atoms with Crippen LogP contribution in [0.2, 0.25) is 5.02 Å². The molecule has 0 heterocycles. The van der Waals surface area contributed by atoms with Gasteiger partial charge in [-0.15, -0.1) is 0 Å². The van der Waals surface area contributed by atoms with E-state index >= 15 is 0 Å². The summed E-state index contributed by atoms with van der Waals surface area (Å²) in [5.74, 6) is -0.243. The molecule has 0 atom stereocenters. The van der Waals surface area contributed by atoms with Crippen molar-refractivity contribution in [2.75, 3.05) is 0 Å². The summed E-state index contributed by atoms with van der Waals surface area (Å²) in [6.45, 7) is 0. The molecule has 0 aliphatic rings. The highest BCUT2D eigenvalue weighted by Gasteiger charge is 2.08. The average Bonchev–Trinajstić information content (AvgIpc) is 1.85. The minimum Gasteiger partial charge on any atom is -0.508 e. The predicted octanol–water partition coefficient (Wildman–Crippen LogP) is 2.98. The molecule has 11 heavy (non-hydrogen) atoms. The summed E-state index contributed by atoms with van der Waals surface area (Å²) < 4.78 is 23.9. The molecule has 0 saturated heterocycles. The van der Waals surface area contributed by atoms with Crippen LogP contribution < -0.4 is 0 Å². The van der Waals surface area contributed by atoms with Crippen LogP contribution in [-0.2, 0) is 0 Å². The second-order valence-electron chi connectivity index (χ2n) is 2.04. The minimum atomic E-state index is -2.60. The van der Waals surface area contributed by atoms with Crippen molar-refractivity contribution in [2.24, 2.45) is 0 Å². The van der Waals surface area contributed by atoms with E-state index in [1.807, 2.05) is 0 Å². The molecule has 0 radical (unpaired) electrons. The van der Waals surface area contributed by atoms with Crippen molar-refractivity contribution in [3.05, 3.63) is 28.8 Å². The molecule has 60 valence electrons. The highest BCUT2D eigenvalue weighted by molar-refractivity contribution is 6.30. The van der Waals surface area contributed by atoms with Gasteiger partial charge in [-0.25, -0.2) is 8.78 Å². The van der Waals surface area contributed by atoms with Crippen molar-refractivity contribution in [2.45, 2.75) is 6.43 Å². The van der Waals surface area contributed by atoms with Crippen LogP contribution in [-0.4, -0.2) is 5.11 Å². The van der Waals surface area contributed by atoms with Gasteiger partial charge in [0.1, 0.15) is 5.75 Å². The number of benzene rings is 1. The molecular formula is C7H5ClF2O. The van der Waals surface area contributed by atoms with Gasteiger partial charge in [-0.05, 0) is 18.2 Å². The lowest BCUT2D eigenvalue weighted by molar-refractivity contribution is 0.151. The molecule has 0 spiro atoms. The summed E-state index contributed by atoms with van der Waals surface area (Å²) in [6, 6.07) is 3.30. The van der Waals surface area contributed by atoms with Gasteiger partial charge in [0, 0.05) is 10.6 Å². The molecule has 0 aliphatic carbocycles. The molecule has 0 aliphatic heterocycles. The fraction of sp³-hybridized carbons (Fsp3) is 0.143. The smallest absolute Gasteiger partial charge is 0.264 e. The quantitative estimate of drug-likeness (QED) is 0.701. The van der Waals surface area contributed by atoms with Gasteiger partial charge < -0.3 is 5.11 Å². The lowest BCUT2D eigenvalue weighted by Crippen LogP contribution is -1.82. The van der Waals surface area contributed by atoms with Gasteiger partial charge in [0.25, 0.3) is 6.43 Å². The average molecular weight is 179 g/mol. The van der Waals surface area contributed by atoms with Gasteiger partial charge in [-0.3, -0.25) is 0 Å². The standard InChI is InChI=1S/C7H5ClF2O/c8-5-1-4(7(9)10)2-6(11)3-5/h1-3,7,11H. The van der Waals surface area contributed by atoms with E-state index in [1.165, 1.54) is 6.07 Å². The molecular weight excluding hydrogens is 174 g/mol. The maximum atomic E-state index is 12.0. The Kier molecular flexibility index (Phi) is 2.29. The fourth-order valence-electron chi connectivity index (χ4n) is 0.722. The summed E-state index contributed by atoms with van der Waals surface area (Å²) in [6.07, 6.45) is -2.60. The Labute approximate surface area is 67.2 Å². The van der Waals surface area contributed by atoms with E-state index in [-0.39, 0.29) is 16.3 Å². The zero-order chi connectivity index (χ0) is 8.43. The van der Waals surface area contributed by atoms with Crippen molar-refractivity contribution < 1.29 is 13.9 Å². The summed E-state index contributed by atoms with van der Waals surface area (Å²) in [4.78, 5) is 0. The normalized spacial score (nSPS) is 10.5. The Morgan fingerprint density at radius 1 is 1.27 bits per heavy atom. The van der Waals surface area contributed by atoms with E-state index in [9.17, 15) is 8.78 Å². The van der Waals surface area contributed by atoms with Crippen LogP contribution in [0.1, 0.15) is 12.0 Å². The van der Waals surface area contributed by atoms with Crippen molar-refractivity contribution in [3.63, 3.8) is 0 Å². The zero-order valence-electron chi connectivity index (χ0n) is 5.39. The highest BCUT2D eigenvalue weighted by atomic mass is 35.5.